The van der Waals surface area contributed by atoms with Crippen molar-refractivity contribution in [3.8, 4) is 0 Å². The van der Waals surface area contributed by atoms with Crippen LogP contribution in [0.2, 0.25) is 0 Å². The van der Waals surface area contributed by atoms with Crippen molar-refractivity contribution in [2.75, 3.05) is 6.54 Å². The number of hydrogen-bond donors (Lipinski definition) is 0. The minimum Gasteiger partial charge on any atom is -0.390 e. The third kappa shape index (κ3) is 5.41. The number of halogens is 5. The quantitative estimate of drug-likeness (QED) is 0.423. The Morgan fingerprint density at radius 2 is 1.76 bits per heavy atom. The van der Waals surface area contributed by atoms with Crippen LogP contribution >= 0.6 is 0 Å². The molecular formula is C25H19F5N2O2. The topological polar surface area (TPSA) is 41.9 Å². The molecule has 0 saturated carbocycles. The zero-order chi connectivity index (χ0) is 24.3. The maximum Gasteiger partial charge on any atom is 0.416 e. The molecule has 1 atom stereocenters. The Hall–Kier alpha value is -3.75. The van der Waals surface area contributed by atoms with E-state index < -0.39 is 35.4 Å². The largest absolute Gasteiger partial charge is 0.416 e. The van der Waals surface area contributed by atoms with Crippen molar-refractivity contribution < 1.29 is 31.6 Å². The average Bonchev–Trinajstić information content (AvgIpc) is 3.27. The third-order valence-corrected chi connectivity index (χ3v) is 5.33. The number of carbonyl (C=O) groups is 1. The number of nitrogens with zero attached hydrogens (tertiary/aromatic N) is 2. The number of rotatable bonds is 6. The Bertz CT molecular complexity index is 1230. The molecule has 1 heterocycles. The highest BCUT2D eigenvalue weighted by Crippen LogP contribution is 2.30. The van der Waals surface area contributed by atoms with Gasteiger partial charge < -0.3 is 9.74 Å². The summed E-state index contributed by atoms with van der Waals surface area (Å²) in [7, 11) is 0. The highest BCUT2D eigenvalue weighted by atomic mass is 19.4. The number of carbonyl (C=O) groups excluding carboxylic acids is 1. The molecule has 0 radical (unpaired) electrons. The molecule has 0 spiro atoms. The first kappa shape index (κ1) is 23.4. The number of hydrogen-bond acceptors (Lipinski definition) is 3. The summed E-state index contributed by atoms with van der Waals surface area (Å²) in [6.07, 6.45) is -4.94. The van der Waals surface area contributed by atoms with Crippen LogP contribution in [0.5, 0.6) is 0 Å². The van der Waals surface area contributed by atoms with Crippen molar-refractivity contribution in [3.05, 3.63) is 107 Å². The van der Waals surface area contributed by atoms with Gasteiger partial charge in [0.1, 0.15) is 11.6 Å². The molecule has 9 heteroatoms. The fourth-order valence-corrected chi connectivity index (χ4v) is 3.70. The highest BCUT2D eigenvalue weighted by Gasteiger charge is 2.32. The second-order valence-electron chi connectivity index (χ2n) is 7.84. The molecule has 0 fully saturated rings. The first-order valence-electron chi connectivity index (χ1n) is 10.4. The van der Waals surface area contributed by atoms with Gasteiger partial charge in [0.2, 0.25) is 0 Å². The van der Waals surface area contributed by atoms with Crippen LogP contribution < -0.4 is 0 Å². The number of oxime groups is 1. The van der Waals surface area contributed by atoms with Gasteiger partial charge in [-0.2, -0.15) is 13.2 Å². The van der Waals surface area contributed by atoms with Crippen LogP contribution in [0.3, 0.4) is 0 Å². The van der Waals surface area contributed by atoms with E-state index in [9.17, 15) is 26.7 Å². The van der Waals surface area contributed by atoms with Gasteiger partial charge in [-0.05, 0) is 42.0 Å². The molecule has 0 unspecified atom stereocenters. The van der Waals surface area contributed by atoms with E-state index in [1.807, 2.05) is 0 Å². The molecule has 3 aromatic rings. The van der Waals surface area contributed by atoms with Crippen LogP contribution in [0, 0.1) is 11.6 Å². The van der Waals surface area contributed by atoms with Crippen molar-refractivity contribution in [1.82, 2.24) is 4.90 Å². The Labute approximate surface area is 192 Å². The summed E-state index contributed by atoms with van der Waals surface area (Å²) >= 11 is 0. The van der Waals surface area contributed by atoms with E-state index in [0.29, 0.717) is 11.3 Å². The normalized spacial score (nSPS) is 15.6. The second-order valence-corrected chi connectivity index (χ2v) is 7.84. The summed E-state index contributed by atoms with van der Waals surface area (Å²) in [5.41, 5.74) is 0.161. The third-order valence-electron chi connectivity index (χ3n) is 5.33. The number of amides is 1. The Morgan fingerprint density at radius 1 is 1.00 bits per heavy atom. The summed E-state index contributed by atoms with van der Waals surface area (Å²) in [5, 5.41) is 3.97. The van der Waals surface area contributed by atoms with Gasteiger partial charge in [0.15, 0.2) is 6.10 Å². The van der Waals surface area contributed by atoms with Crippen molar-refractivity contribution >= 4 is 11.6 Å². The van der Waals surface area contributed by atoms with E-state index in [4.69, 9.17) is 4.84 Å². The van der Waals surface area contributed by atoms with Gasteiger partial charge >= 0.3 is 6.18 Å². The fraction of sp³-hybridized carbons (Fsp3) is 0.200. The van der Waals surface area contributed by atoms with Crippen LogP contribution in [0.25, 0.3) is 0 Å². The fourth-order valence-electron chi connectivity index (χ4n) is 3.70. The predicted molar refractivity (Wildman–Crippen MR) is 115 cm³/mol. The number of benzene rings is 3. The SMILES string of the molecule is O=C(c1ccccc1F)N(Cc1cccc(C(F)(F)F)c1)C[C@@H]1CC(c2cccc(F)c2)=NO1. The van der Waals surface area contributed by atoms with E-state index in [1.54, 1.807) is 6.07 Å². The maximum absolute atomic E-state index is 14.3. The zero-order valence-electron chi connectivity index (χ0n) is 17.7. The summed E-state index contributed by atoms with van der Waals surface area (Å²) in [6.45, 7) is -0.266. The summed E-state index contributed by atoms with van der Waals surface area (Å²) in [6, 6.07) is 15.8. The summed E-state index contributed by atoms with van der Waals surface area (Å²) in [4.78, 5) is 19.8. The first-order valence-corrected chi connectivity index (χ1v) is 10.4. The molecule has 0 saturated heterocycles. The van der Waals surface area contributed by atoms with Gasteiger partial charge in [-0.3, -0.25) is 4.79 Å². The van der Waals surface area contributed by atoms with Crippen molar-refractivity contribution in [2.24, 2.45) is 5.16 Å². The van der Waals surface area contributed by atoms with E-state index in [-0.39, 0.29) is 30.6 Å². The summed E-state index contributed by atoms with van der Waals surface area (Å²) < 4.78 is 67.3. The molecule has 176 valence electrons. The molecular weight excluding hydrogens is 455 g/mol. The Kier molecular flexibility index (Phi) is 6.63. The molecule has 0 aromatic heterocycles. The van der Waals surface area contributed by atoms with Crippen molar-refractivity contribution in [1.29, 1.82) is 0 Å². The van der Waals surface area contributed by atoms with E-state index >= 15 is 0 Å². The van der Waals surface area contributed by atoms with Crippen LogP contribution in [0.15, 0.2) is 78.0 Å². The van der Waals surface area contributed by atoms with Crippen molar-refractivity contribution in [2.45, 2.75) is 25.2 Å². The van der Waals surface area contributed by atoms with Gasteiger partial charge in [0.05, 0.1) is 23.4 Å². The molecule has 0 N–H and O–H groups in total. The molecule has 34 heavy (non-hydrogen) atoms. The molecule has 4 rings (SSSR count). The average molecular weight is 474 g/mol. The number of alkyl halides is 3. The molecule has 1 aliphatic heterocycles. The first-order chi connectivity index (χ1) is 16.2. The Balaban J connectivity index is 1.56. The Morgan fingerprint density at radius 3 is 2.50 bits per heavy atom. The van der Waals surface area contributed by atoms with E-state index in [2.05, 4.69) is 5.16 Å². The smallest absolute Gasteiger partial charge is 0.390 e. The second kappa shape index (κ2) is 9.62. The summed E-state index contributed by atoms with van der Waals surface area (Å²) in [5.74, 6) is -1.88. The monoisotopic (exact) mass is 474 g/mol. The predicted octanol–water partition coefficient (Wildman–Crippen LogP) is 5.82. The lowest BCUT2D eigenvalue weighted by Gasteiger charge is -2.25. The van der Waals surface area contributed by atoms with E-state index in [1.165, 1.54) is 53.4 Å². The molecule has 4 nitrogen and oxygen atoms in total. The lowest BCUT2D eigenvalue weighted by atomic mass is 10.0. The van der Waals surface area contributed by atoms with Crippen LogP contribution in [0.1, 0.15) is 33.5 Å². The maximum atomic E-state index is 14.3. The molecule has 0 aliphatic carbocycles. The zero-order valence-corrected chi connectivity index (χ0v) is 17.7. The van der Waals surface area contributed by atoms with Gasteiger partial charge in [-0.1, -0.05) is 41.6 Å². The highest BCUT2D eigenvalue weighted by molar-refractivity contribution is 6.01. The minimum atomic E-state index is -4.54. The van der Waals surface area contributed by atoms with Gasteiger partial charge in [0.25, 0.3) is 5.91 Å². The van der Waals surface area contributed by atoms with Gasteiger partial charge in [-0.15, -0.1) is 0 Å². The lowest BCUT2D eigenvalue weighted by molar-refractivity contribution is -0.137. The lowest BCUT2D eigenvalue weighted by Crippen LogP contribution is -2.37. The standard InChI is InChI=1S/C25H19F5N2O2/c26-19-8-4-6-17(12-19)23-13-20(34-31-23)15-32(24(33)21-9-1-2-10-22(21)27)14-16-5-3-7-18(11-16)25(28,29)30/h1-12,20H,13-15H2/t20-/m0/s1. The van der Waals surface area contributed by atoms with Crippen LogP contribution in [0.4, 0.5) is 22.0 Å². The van der Waals surface area contributed by atoms with Gasteiger partial charge in [0, 0.05) is 18.5 Å². The van der Waals surface area contributed by atoms with Crippen molar-refractivity contribution in [3.63, 3.8) is 0 Å². The van der Waals surface area contributed by atoms with Crippen LogP contribution in [-0.4, -0.2) is 29.2 Å². The molecule has 0 bridgehead atoms. The molecule has 1 amide bonds. The van der Waals surface area contributed by atoms with E-state index in [0.717, 1.165) is 18.2 Å². The van der Waals surface area contributed by atoms with Crippen LogP contribution in [-0.2, 0) is 17.6 Å². The van der Waals surface area contributed by atoms with Gasteiger partial charge in [-0.25, -0.2) is 8.78 Å². The molecule has 3 aromatic carbocycles. The minimum absolute atomic E-state index is 0.0638. The molecule has 1 aliphatic rings.